The fraction of sp³-hybridized carbons (Fsp3) is 0.400. The van der Waals surface area contributed by atoms with E-state index in [-0.39, 0.29) is 0 Å². The first kappa shape index (κ1) is 12.8. The van der Waals surface area contributed by atoms with Gasteiger partial charge in [-0.2, -0.15) is 5.10 Å². The van der Waals surface area contributed by atoms with Gasteiger partial charge in [0, 0.05) is 24.7 Å². The Kier molecular flexibility index (Phi) is 3.53. The first-order chi connectivity index (χ1) is 8.54. The van der Waals surface area contributed by atoms with Crippen LogP contribution >= 0.6 is 0 Å². The van der Waals surface area contributed by atoms with Crippen LogP contribution in [0.15, 0.2) is 18.3 Å². The van der Waals surface area contributed by atoms with E-state index in [0.717, 1.165) is 6.42 Å². The molecular weight excluding hydrogens is 222 g/mol. The molecule has 1 heterocycles. The molecule has 18 heavy (non-hydrogen) atoms. The zero-order valence-electron chi connectivity index (χ0n) is 11.6. The predicted octanol–water partition coefficient (Wildman–Crippen LogP) is 2.51. The standard InChI is InChI=1S/C15H21N3/c1-10-7-11(2)15(12(3)8-10)13-9-17-18(4)14(13)5-6-16/h7-9H,5-6,16H2,1-4H3. The number of nitrogens with zero attached hydrogens (tertiary/aromatic N) is 2. The van der Waals surface area contributed by atoms with Gasteiger partial charge in [-0.25, -0.2) is 0 Å². The number of aromatic nitrogens is 2. The minimum absolute atomic E-state index is 0.649. The van der Waals surface area contributed by atoms with Crippen molar-refractivity contribution >= 4 is 0 Å². The van der Waals surface area contributed by atoms with Crippen LogP contribution in [0.25, 0.3) is 11.1 Å². The normalized spacial score (nSPS) is 10.9. The van der Waals surface area contributed by atoms with Crippen LogP contribution in [-0.4, -0.2) is 16.3 Å². The van der Waals surface area contributed by atoms with E-state index in [2.05, 4.69) is 38.0 Å². The molecule has 0 saturated heterocycles. The minimum atomic E-state index is 0.649. The highest BCUT2D eigenvalue weighted by Gasteiger charge is 2.14. The molecule has 3 nitrogen and oxygen atoms in total. The molecule has 0 fully saturated rings. The Morgan fingerprint density at radius 1 is 1.17 bits per heavy atom. The minimum Gasteiger partial charge on any atom is -0.330 e. The lowest BCUT2D eigenvalue weighted by Gasteiger charge is -2.12. The molecule has 1 aromatic carbocycles. The molecule has 0 unspecified atom stereocenters. The lowest BCUT2D eigenvalue weighted by Crippen LogP contribution is -2.08. The molecule has 1 aromatic heterocycles. The van der Waals surface area contributed by atoms with E-state index in [4.69, 9.17) is 5.73 Å². The van der Waals surface area contributed by atoms with Gasteiger partial charge in [-0.1, -0.05) is 17.7 Å². The quantitative estimate of drug-likeness (QED) is 0.900. The second-order valence-electron chi connectivity index (χ2n) is 4.94. The van der Waals surface area contributed by atoms with Crippen LogP contribution < -0.4 is 5.73 Å². The van der Waals surface area contributed by atoms with Gasteiger partial charge in [0.2, 0.25) is 0 Å². The molecule has 0 aliphatic heterocycles. The third-order valence-corrected chi connectivity index (χ3v) is 3.39. The number of hydrogen-bond donors (Lipinski definition) is 1. The van der Waals surface area contributed by atoms with Crippen molar-refractivity contribution in [2.45, 2.75) is 27.2 Å². The van der Waals surface area contributed by atoms with E-state index < -0.39 is 0 Å². The summed E-state index contributed by atoms with van der Waals surface area (Å²) in [6.07, 6.45) is 2.81. The lowest BCUT2D eigenvalue weighted by atomic mass is 9.93. The van der Waals surface area contributed by atoms with E-state index in [1.54, 1.807) is 0 Å². The van der Waals surface area contributed by atoms with Crippen LogP contribution in [0.2, 0.25) is 0 Å². The Bertz CT molecular complexity index is 544. The highest BCUT2D eigenvalue weighted by atomic mass is 15.3. The van der Waals surface area contributed by atoms with Crippen LogP contribution in [0.5, 0.6) is 0 Å². The Morgan fingerprint density at radius 2 is 1.78 bits per heavy atom. The van der Waals surface area contributed by atoms with Crippen molar-refractivity contribution < 1.29 is 0 Å². The summed E-state index contributed by atoms with van der Waals surface area (Å²) in [4.78, 5) is 0. The fourth-order valence-electron chi connectivity index (χ4n) is 2.71. The molecule has 2 rings (SSSR count). The van der Waals surface area contributed by atoms with Crippen LogP contribution in [0, 0.1) is 20.8 Å². The van der Waals surface area contributed by atoms with Gasteiger partial charge in [0.05, 0.1) is 6.20 Å². The maximum absolute atomic E-state index is 5.69. The first-order valence-electron chi connectivity index (χ1n) is 6.33. The SMILES string of the molecule is Cc1cc(C)c(-c2cnn(C)c2CCN)c(C)c1. The zero-order chi connectivity index (χ0) is 13.3. The van der Waals surface area contributed by atoms with Gasteiger partial charge in [0.1, 0.15) is 0 Å². The van der Waals surface area contributed by atoms with Crippen molar-refractivity contribution in [1.29, 1.82) is 0 Å². The molecule has 0 saturated carbocycles. The third-order valence-electron chi connectivity index (χ3n) is 3.39. The van der Waals surface area contributed by atoms with E-state index in [9.17, 15) is 0 Å². The molecule has 0 spiro atoms. The fourth-order valence-corrected chi connectivity index (χ4v) is 2.71. The van der Waals surface area contributed by atoms with E-state index in [0.29, 0.717) is 6.54 Å². The van der Waals surface area contributed by atoms with Crippen molar-refractivity contribution in [3.63, 3.8) is 0 Å². The van der Waals surface area contributed by atoms with Gasteiger partial charge in [-0.15, -0.1) is 0 Å². The van der Waals surface area contributed by atoms with E-state index in [1.165, 1.54) is 33.5 Å². The number of aryl methyl sites for hydroxylation is 4. The molecule has 0 aliphatic carbocycles. The van der Waals surface area contributed by atoms with Gasteiger partial charge in [0.15, 0.2) is 0 Å². The highest BCUT2D eigenvalue weighted by molar-refractivity contribution is 5.72. The molecule has 0 radical (unpaired) electrons. The van der Waals surface area contributed by atoms with Crippen molar-refractivity contribution in [1.82, 2.24) is 9.78 Å². The second-order valence-corrected chi connectivity index (χ2v) is 4.94. The Labute approximate surface area is 109 Å². The topological polar surface area (TPSA) is 43.8 Å². The summed E-state index contributed by atoms with van der Waals surface area (Å²) in [5.74, 6) is 0. The van der Waals surface area contributed by atoms with Crippen LogP contribution in [0.3, 0.4) is 0 Å². The highest BCUT2D eigenvalue weighted by Crippen LogP contribution is 2.30. The van der Waals surface area contributed by atoms with Crippen molar-refractivity contribution in [2.75, 3.05) is 6.54 Å². The molecule has 0 atom stereocenters. The Balaban J connectivity index is 2.62. The lowest BCUT2D eigenvalue weighted by molar-refractivity contribution is 0.707. The summed E-state index contributed by atoms with van der Waals surface area (Å²) >= 11 is 0. The summed E-state index contributed by atoms with van der Waals surface area (Å²) in [7, 11) is 1.98. The Morgan fingerprint density at radius 3 is 2.33 bits per heavy atom. The number of hydrogen-bond acceptors (Lipinski definition) is 2. The molecule has 0 amide bonds. The summed E-state index contributed by atoms with van der Waals surface area (Å²) in [5, 5.41) is 4.38. The number of rotatable bonds is 3. The van der Waals surface area contributed by atoms with Crippen LogP contribution in [0.1, 0.15) is 22.4 Å². The average Bonchev–Trinajstić information content (AvgIpc) is 2.61. The maximum atomic E-state index is 5.69. The first-order valence-corrected chi connectivity index (χ1v) is 6.33. The number of nitrogens with two attached hydrogens (primary N) is 1. The summed E-state index contributed by atoms with van der Waals surface area (Å²) in [5.41, 5.74) is 13.3. The predicted molar refractivity (Wildman–Crippen MR) is 75.6 cm³/mol. The monoisotopic (exact) mass is 243 g/mol. The average molecular weight is 243 g/mol. The smallest absolute Gasteiger partial charge is 0.0571 e. The molecular formula is C15H21N3. The molecule has 0 aliphatic rings. The van der Waals surface area contributed by atoms with Crippen molar-refractivity contribution in [3.8, 4) is 11.1 Å². The number of benzene rings is 1. The van der Waals surface area contributed by atoms with Gasteiger partial charge >= 0.3 is 0 Å². The second kappa shape index (κ2) is 4.94. The summed E-state index contributed by atoms with van der Waals surface area (Å²) in [6, 6.07) is 4.45. The molecule has 2 aromatic rings. The van der Waals surface area contributed by atoms with Gasteiger partial charge in [0.25, 0.3) is 0 Å². The zero-order valence-corrected chi connectivity index (χ0v) is 11.6. The van der Waals surface area contributed by atoms with E-state index >= 15 is 0 Å². The van der Waals surface area contributed by atoms with Crippen molar-refractivity contribution in [2.24, 2.45) is 12.8 Å². The molecule has 3 heteroatoms. The van der Waals surface area contributed by atoms with Gasteiger partial charge in [-0.3, -0.25) is 4.68 Å². The van der Waals surface area contributed by atoms with E-state index in [1.807, 2.05) is 17.9 Å². The third kappa shape index (κ3) is 2.18. The maximum Gasteiger partial charge on any atom is 0.0571 e. The Hall–Kier alpha value is -1.61. The van der Waals surface area contributed by atoms with Crippen molar-refractivity contribution in [3.05, 3.63) is 40.7 Å². The van der Waals surface area contributed by atoms with Gasteiger partial charge in [-0.05, 0) is 44.0 Å². The molecule has 96 valence electrons. The summed E-state index contributed by atoms with van der Waals surface area (Å²) < 4.78 is 1.93. The van der Waals surface area contributed by atoms with Crippen LogP contribution in [-0.2, 0) is 13.5 Å². The largest absolute Gasteiger partial charge is 0.330 e. The van der Waals surface area contributed by atoms with Gasteiger partial charge < -0.3 is 5.73 Å². The van der Waals surface area contributed by atoms with Crippen LogP contribution in [0.4, 0.5) is 0 Å². The molecule has 0 bridgehead atoms. The summed E-state index contributed by atoms with van der Waals surface area (Å²) in [6.45, 7) is 7.10. The molecule has 2 N–H and O–H groups in total.